The summed E-state index contributed by atoms with van der Waals surface area (Å²) in [6.07, 6.45) is 0.815. The summed E-state index contributed by atoms with van der Waals surface area (Å²) >= 11 is 0. The molecule has 3 nitrogen and oxygen atoms in total. The van der Waals surface area contributed by atoms with Crippen LogP contribution in [0.2, 0.25) is 0 Å². The van der Waals surface area contributed by atoms with Crippen LogP contribution in [0.5, 0.6) is 0 Å². The van der Waals surface area contributed by atoms with Gasteiger partial charge in [-0.1, -0.05) is 0 Å². The van der Waals surface area contributed by atoms with Crippen LogP contribution in [0.1, 0.15) is 6.42 Å². The van der Waals surface area contributed by atoms with E-state index in [0.717, 1.165) is 6.42 Å². The predicted molar refractivity (Wildman–Crippen MR) is 28.4 cm³/mol. The van der Waals surface area contributed by atoms with Crippen molar-refractivity contribution in [1.82, 2.24) is 5.32 Å². The van der Waals surface area contributed by atoms with E-state index < -0.39 is 0 Å². The van der Waals surface area contributed by atoms with Crippen molar-refractivity contribution in [1.29, 1.82) is 0 Å². The van der Waals surface area contributed by atoms with Crippen molar-refractivity contribution in [2.45, 2.75) is 12.5 Å². The van der Waals surface area contributed by atoms with Gasteiger partial charge in [-0.15, -0.1) is 0 Å². The first-order valence-electron chi connectivity index (χ1n) is 2.68. The zero-order valence-corrected chi connectivity index (χ0v) is 4.81. The Bertz CT molecular complexity index is 103. The molecule has 0 spiro atoms. The molecule has 0 unspecified atom stereocenters. The van der Waals surface area contributed by atoms with Crippen LogP contribution in [0.3, 0.4) is 0 Å². The van der Waals surface area contributed by atoms with Gasteiger partial charge in [-0.25, -0.2) is 0 Å². The minimum absolute atomic E-state index is 0.0463. The first-order valence-corrected chi connectivity index (χ1v) is 2.68. The van der Waals surface area contributed by atoms with Crippen LogP contribution in [0, 0.1) is 0 Å². The highest BCUT2D eigenvalue weighted by molar-refractivity contribution is 5.77. The van der Waals surface area contributed by atoms with Crippen LogP contribution in [0.4, 0.5) is 0 Å². The molecule has 0 bridgehead atoms. The zero-order chi connectivity index (χ0) is 5.98. The first kappa shape index (κ1) is 5.56. The third-order valence-electron chi connectivity index (χ3n) is 1.28. The van der Waals surface area contributed by atoms with E-state index in [0.29, 0.717) is 6.61 Å². The molecule has 0 radical (unpaired) electrons. The highest BCUT2D eigenvalue weighted by Gasteiger charge is 2.23. The maximum Gasteiger partial charge on any atom is 0.323 e. The van der Waals surface area contributed by atoms with Gasteiger partial charge in [0.25, 0.3) is 0 Å². The summed E-state index contributed by atoms with van der Waals surface area (Å²) in [5.41, 5.74) is 0. The average molecular weight is 115 g/mol. The maximum atomic E-state index is 10.5. The fourth-order valence-corrected chi connectivity index (χ4v) is 0.758. The van der Waals surface area contributed by atoms with Crippen molar-refractivity contribution in [2.75, 3.05) is 13.7 Å². The summed E-state index contributed by atoms with van der Waals surface area (Å²) in [5.74, 6) is -0.118. The minimum atomic E-state index is -0.118. The molecule has 1 N–H and O–H groups in total. The van der Waals surface area contributed by atoms with E-state index >= 15 is 0 Å². The van der Waals surface area contributed by atoms with Crippen molar-refractivity contribution in [2.24, 2.45) is 0 Å². The van der Waals surface area contributed by atoms with Crippen molar-refractivity contribution >= 4 is 5.97 Å². The number of cyclic esters (lactones) is 1. The van der Waals surface area contributed by atoms with E-state index in [1.165, 1.54) is 0 Å². The summed E-state index contributed by atoms with van der Waals surface area (Å²) < 4.78 is 4.65. The monoisotopic (exact) mass is 115 g/mol. The molecular formula is C5H9NO2. The molecule has 1 saturated heterocycles. The molecule has 1 atom stereocenters. The second-order valence-corrected chi connectivity index (χ2v) is 1.80. The molecule has 0 aromatic heterocycles. The first-order chi connectivity index (χ1) is 3.84. The van der Waals surface area contributed by atoms with Gasteiger partial charge in [-0.3, -0.25) is 4.79 Å². The smallest absolute Gasteiger partial charge is 0.323 e. The second kappa shape index (κ2) is 2.13. The molecule has 0 aromatic rings. The Morgan fingerprint density at radius 3 is 2.88 bits per heavy atom. The van der Waals surface area contributed by atoms with Crippen molar-refractivity contribution in [3.8, 4) is 0 Å². The Balaban J connectivity index is 2.42. The molecule has 0 aliphatic carbocycles. The molecule has 8 heavy (non-hydrogen) atoms. The summed E-state index contributed by atoms with van der Waals surface area (Å²) in [6, 6.07) is -0.0463. The predicted octanol–water partition coefficient (Wildman–Crippen LogP) is -0.479. The lowest BCUT2D eigenvalue weighted by atomic mass is 10.3. The molecule has 1 aliphatic heterocycles. The number of nitrogens with one attached hydrogen (secondary N) is 1. The van der Waals surface area contributed by atoms with Crippen LogP contribution in [0.15, 0.2) is 0 Å². The number of ether oxygens (including phenoxy) is 1. The van der Waals surface area contributed by atoms with Crippen LogP contribution in [0.25, 0.3) is 0 Å². The molecule has 0 amide bonds. The van der Waals surface area contributed by atoms with Gasteiger partial charge in [-0.2, -0.15) is 0 Å². The van der Waals surface area contributed by atoms with Gasteiger partial charge in [0.1, 0.15) is 6.04 Å². The minimum Gasteiger partial charge on any atom is -0.464 e. The Morgan fingerprint density at radius 2 is 2.62 bits per heavy atom. The molecule has 3 heteroatoms. The van der Waals surface area contributed by atoms with Crippen molar-refractivity contribution < 1.29 is 9.53 Å². The van der Waals surface area contributed by atoms with E-state index in [9.17, 15) is 4.79 Å². The lowest BCUT2D eigenvalue weighted by molar-refractivity contribution is -0.139. The van der Waals surface area contributed by atoms with Crippen LogP contribution >= 0.6 is 0 Å². The SMILES string of the molecule is CN[C@@H]1CCOC1=O. The standard InChI is InChI=1S/C5H9NO2/c1-6-4-2-3-8-5(4)7/h4,6H,2-3H2,1H3/t4-/m1/s1. The van der Waals surface area contributed by atoms with E-state index in [1.807, 2.05) is 0 Å². The molecule has 0 aromatic carbocycles. The van der Waals surface area contributed by atoms with Gasteiger partial charge in [0, 0.05) is 6.42 Å². The average Bonchev–Trinajstić information content (AvgIpc) is 2.14. The third kappa shape index (κ3) is 0.816. The van der Waals surface area contributed by atoms with Crippen LogP contribution < -0.4 is 5.32 Å². The molecule has 46 valence electrons. The lowest BCUT2D eigenvalue weighted by Gasteiger charge is -1.98. The molecular weight excluding hydrogens is 106 g/mol. The molecule has 1 rings (SSSR count). The van der Waals surface area contributed by atoms with Crippen molar-refractivity contribution in [3.05, 3.63) is 0 Å². The second-order valence-electron chi connectivity index (χ2n) is 1.80. The normalized spacial score (nSPS) is 28.1. The lowest BCUT2D eigenvalue weighted by Crippen LogP contribution is -2.29. The fourth-order valence-electron chi connectivity index (χ4n) is 0.758. The fraction of sp³-hybridized carbons (Fsp3) is 0.800. The molecule has 0 saturated carbocycles. The van der Waals surface area contributed by atoms with Gasteiger partial charge in [-0.05, 0) is 7.05 Å². The van der Waals surface area contributed by atoms with E-state index in [2.05, 4.69) is 10.1 Å². The van der Waals surface area contributed by atoms with Crippen molar-refractivity contribution in [3.63, 3.8) is 0 Å². The Labute approximate surface area is 48.0 Å². The van der Waals surface area contributed by atoms with Gasteiger partial charge < -0.3 is 10.1 Å². The number of hydrogen-bond donors (Lipinski definition) is 1. The third-order valence-corrected chi connectivity index (χ3v) is 1.28. The Kier molecular flexibility index (Phi) is 1.48. The summed E-state index contributed by atoms with van der Waals surface area (Å²) in [4.78, 5) is 10.5. The Hall–Kier alpha value is -0.570. The van der Waals surface area contributed by atoms with Gasteiger partial charge >= 0.3 is 5.97 Å². The topological polar surface area (TPSA) is 38.3 Å². The van der Waals surface area contributed by atoms with E-state index in [1.54, 1.807) is 7.05 Å². The van der Waals surface area contributed by atoms with E-state index in [-0.39, 0.29) is 12.0 Å². The number of likely N-dealkylation sites (N-methyl/N-ethyl adjacent to an activating group) is 1. The summed E-state index contributed by atoms with van der Waals surface area (Å²) in [5, 5.41) is 2.84. The quantitative estimate of drug-likeness (QED) is 0.469. The van der Waals surface area contributed by atoms with Crippen LogP contribution in [-0.2, 0) is 9.53 Å². The highest BCUT2D eigenvalue weighted by Crippen LogP contribution is 2.03. The number of rotatable bonds is 1. The zero-order valence-electron chi connectivity index (χ0n) is 4.81. The van der Waals surface area contributed by atoms with E-state index in [4.69, 9.17) is 0 Å². The molecule has 1 fully saturated rings. The summed E-state index contributed by atoms with van der Waals surface area (Å²) in [6.45, 7) is 0.574. The van der Waals surface area contributed by atoms with Gasteiger partial charge in [0.15, 0.2) is 0 Å². The summed E-state index contributed by atoms with van der Waals surface area (Å²) in [7, 11) is 1.76. The largest absolute Gasteiger partial charge is 0.464 e. The number of carbonyl (C=O) groups is 1. The maximum absolute atomic E-state index is 10.5. The number of esters is 1. The molecule has 1 heterocycles. The number of carbonyl (C=O) groups excluding carboxylic acids is 1. The molecule has 1 aliphatic rings. The van der Waals surface area contributed by atoms with Gasteiger partial charge in [0.2, 0.25) is 0 Å². The Morgan fingerprint density at radius 1 is 1.88 bits per heavy atom. The highest BCUT2D eigenvalue weighted by atomic mass is 16.5. The van der Waals surface area contributed by atoms with Gasteiger partial charge in [0.05, 0.1) is 6.61 Å². The van der Waals surface area contributed by atoms with Crippen LogP contribution in [-0.4, -0.2) is 25.7 Å². The number of hydrogen-bond acceptors (Lipinski definition) is 3.